The monoisotopic (exact) mass is 212 g/mol. The fourth-order valence-corrected chi connectivity index (χ4v) is 4.47. The van der Waals surface area contributed by atoms with E-state index in [0.717, 1.165) is 5.66 Å². The first-order valence-corrected chi connectivity index (χ1v) is 7.87. The smallest absolute Gasteiger partial charge is 0.0234 e. The predicted octanol–water partition coefficient (Wildman–Crippen LogP) is 4.72. The van der Waals surface area contributed by atoms with Crippen LogP contribution in [0.15, 0.2) is 0 Å². The minimum absolute atomic E-state index is 1.14. The van der Waals surface area contributed by atoms with Gasteiger partial charge in [-0.1, -0.05) is 44.9 Å². The van der Waals surface area contributed by atoms with Gasteiger partial charge in [-0.2, -0.15) is 0 Å². The molecule has 2 rings (SSSR count). The molecule has 0 aromatic rings. The van der Waals surface area contributed by atoms with Crippen molar-refractivity contribution in [2.75, 3.05) is 0 Å². The van der Waals surface area contributed by atoms with Crippen LogP contribution in [0.2, 0.25) is 0 Å². The number of rotatable bonds is 2. The molecule has 0 aromatic heterocycles. The van der Waals surface area contributed by atoms with Crippen LogP contribution < -0.4 is 0 Å². The van der Waals surface area contributed by atoms with Crippen molar-refractivity contribution in [3.8, 4) is 0 Å². The molecule has 1 unspecified atom stereocenters. The average Bonchev–Trinajstić information content (AvgIpc) is 3.00. The Morgan fingerprint density at radius 3 is 1.43 bits per heavy atom. The van der Waals surface area contributed by atoms with Gasteiger partial charge in [-0.15, -0.1) is 8.58 Å². The molecule has 0 heterocycles. The fourth-order valence-electron chi connectivity index (χ4n) is 2.56. The molecule has 1 heteroatoms. The van der Waals surface area contributed by atoms with Gasteiger partial charge in [-0.25, -0.2) is 0 Å². The van der Waals surface area contributed by atoms with Gasteiger partial charge in [0.05, 0.1) is 0 Å². The van der Waals surface area contributed by atoms with Crippen LogP contribution in [0.3, 0.4) is 0 Å². The Morgan fingerprint density at radius 2 is 0.929 bits per heavy atom. The molecule has 0 saturated heterocycles. The van der Waals surface area contributed by atoms with Gasteiger partial charge in [0.2, 0.25) is 0 Å². The summed E-state index contributed by atoms with van der Waals surface area (Å²) in [7, 11) is 1.34. The Hall–Kier alpha value is 0.430. The lowest BCUT2D eigenvalue weighted by atomic mass is 10.0. The Kier molecular flexibility index (Phi) is 4.77. The molecule has 0 N–H and O–H groups in total. The number of hydrogen-bond donors (Lipinski definition) is 0. The quantitative estimate of drug-likeness (QED) is 0.581. The van der Waals surface area contributed by atoms with Crippen LogP contribution in [0, 0.1) is 0 Å². The van der Waals surface area contributed by atoms with Crippen molar-refractivity contribution in [2.45, 2.75) is 81.9 Å². The third kappa shape index (κ3) is 4.30. The van der Waals surface area contributed by atoms with E-state index in [0.29, 0.717) is 0 Å². The van der Waals surface area contributed by atoms with Crippen LogP contribution in [0.1, 0.15) is 70.6 Å². The summed E-state index contributed by atoms with van der Waals surface area (Å²) in [6.45, 7) is 0. The van der Waals surface area contributed by atoms with Crippen LogP contribution in [-0.4, -0.2) is 11.3 Å². The van der Waals surface area contributed by atoms with E-state index in [1.165, 1.54) is 59.2 Å². The molecule has 0 aromatic carbocycles. The van der Waals surface area contributed by atoms with Crippen molar-refractivity contribution in [3.05, 3.63) is 0 Å². The topological polar surface area (TPSA) is 0 Å². The van der Waals surface area contributed by atoms with E-state index >= 15 is 0 Å². The maximum Gasteiger partial charge on any atom is -0.0234 e. The molecule has 0 aliphatic heterocycles. The second-order valence-corrected chi connectivity index (χ2v) is 7.16. The molecule has 2 fully saturated rings. The first-order valence-electron chi connectivity index (χ1n) is 6.71. The summed E-state index contributed by atoms with van der Waals surface area (Å²) in [6, 6.07) is 0. The predicted molar refractivity (Wildman–Crippen MR) is 66.7 cm³/mol. The van der Waals surface area contributed by atoms with E-state index in [1.807, 2.05) is 0 Å². The Bertz CT molecular complexity index is 141. The molecular weight excluding hydrogens is 187 g/mol. The molecule has 2 aliphatic carbocycles. The minimum Gasteiger partial charge on any atom is -0.116 e. The first-order chi connectivity index (χ1) is 6.95. The average molecular weight is 212 g/mol. The maximum absolute atomic E-state index is 1.56. The molecule has 0 nitrogen and oxygen atoms in total. The van der Waals surface area contributed by atoms with Crippen LogP contribution in [0.5, 0.6) is 0 Å². The van der Waals surface area contributed by atoms with Crippen LogP contribution in [0.25, 0.3) is 0 Å². The highest BCUT2D eigenvalue weighted by molar-refractivity contribution is 7.40. The molecule has 82 valence electrons. The molecule has 2 saturated carbocycles. The van der Waals surface area contributed by atoms with Gasteiger partial charge in [0.25, 0.3) is 0 Å². The van der Waals surface area contributed by atoms with E-state index < -0.39 is 0 Å². The van der Waals surface area contributed by atoms with Crippen molar-refractivity contribution in [2.24, 2.45) is 0 Å². The summed E-state index contributed by atoms with van der Waals surface area (Å²) in [5.41, 5.74) is 2.32. The first kappa shape index (κ1) is 10.9. The van der Waals surface area contributed by atoms with E-state index in [4.69, 9.17) is 0 Å². The van der Waals surface area contributed by atoms with Crippen molar-refractivity contribution in [1.29, 1.82) is 0 Å². The molecule has 0 spiro atoms. The van der Waals surface area contributed by atoms with E-state index in [-0.39, 0.29) is 0 Å². The zero-order valence-electron chi connectivity index (χ0n) is 9.43. The van der Waals surface area contributed by atoms with Gasteiger partial charge < -0.3 is 0 Å². The third-order valence-electron chi connectivity index (χ3n) is 3.65. The summed E-state index contributed by atoms with van der Waals surface area (Å²) in [4.78, 5) is 0. The summed E-state index contributed by atoms with van der Waals surface area (Å²) < 4.78 is 0. The zero-order valence-corrected chi connectivity index (χ0v) is 10.4. The summed E-state index contributed by atoms with van der Waals surface area (Å²) in [5, 5.41) is 0. The van der Waals surface area contributed by atoms with E-state index in [1.54, 1.807) is 25.7 Å². The Morgan fingerprint density at radius 1 is 0.500 bits per heavy atom. The summed E-state index contributed by atoms with van der Waals surface area (Å²) in [5.74, 6) is 0. The lowest BCUT2D eigenvalue weighted by molar-refractivity contribution is 0.509. The molecular formula is C13H25P. The molecule has 14 heavy (non-hydrogen) atoms. The van der Waals surface area contributed by atoms with Gasteiger partial charge in [0.1, 0.15) is 0 Å². The standard InChI is InChI=1S/C13H25P/c1-2-4-6-8-12(9-7-5-3-1)14-13-10-11-13/h12-14H,1-11H2. The minimum atomic E-state index is 1.14. The van der Waals surface area contributed by atoms with E-state index in [9.17, 15) is 0 Å². The summed E-state index contributed by atoms with van der Waals surface area (Å²) >= 11 is 0. The third-order valence-corrected chi connectivity index (χ3v) is 5.75. The van der Waals surface area contributed by atoms with Gasteiger partial charge in [-0.3, -0.25) is 0 Å². The second kappa shape index (κ2) is 6.11. The van der Waals surface area contributed by atoms with Gasteiger partial charge in [0.15, 0.2) is 0 Å². The van der Waals surface area contributed by atoms with Crippen molar-refractivity contribution in [3.63, 3.8) is 0 Å². The molecule has 0 amide bonds. The highest BCUT2D eigenvalue weighted by Crippen LogP contribution is 2.45. The molecule has 1 atom stereocenters. The van der Waals surface area contributed by atoms with Crippen LogP contribution in [0.4, 0.5) is 0 Å². The lowest BCUT2D eigenvalue weighted by Crippen LogP contribution is -2.03. The SMILES string of the molecule is C1CCCCC(PC2CC2)CCCC1. The largest absolute Gasteiger partial charge is 0.116 e. The second-order valence-electron chi connectivity index (χ2n) is 5.19. The molecule has 0 radical (unpaired) electrons. The van der Waals surface area contributed by atoms with Crippen LogP contribution >= 0.6 is 8.58 Å². The number of hydrogen-bond acceptors (Lipinski definition) is 0. The molecule has 2 aliphatic rings. The van der Waals surface area contributed by atoms with Crippen LogP contribution in [-0.2, 0) is 0 Å². The van der Waals surface area contributed by atoms with Crippen molar-refractivity contribution < 1.29 is 0 Å². The zero-order chi connectivity index (χ0) is 9.64. The normalized spacial score (nSPS) is 28.3. The van der Waals surface area contributed by atoms with E-state index in [2.05, 4.69) is 0 Å². The Balaban J connectivity index is 1.68. The highest BCUT2D eigenvalue weighted by Gasteiger charge is 2.24. The van der Waals surface area contributed by atoms with Gasteiger partial charge >= 0.3 is 0 Å². The van der Waals surface area contributed by atoms with Gasteiger partial charge in [-0.05, 0) is 37.0 Å². The van der Waals surface area contributed by atoms with Crippen molar-refractivity contribution in [1.82, 2.24) is 0 Å². The maximum atomic E-state index is 1.56. The summed E-state index contributed by atoms with van der Waals surface area (Å²) in [6.07, 6.45) is 16.9. The lowest BCUT2D eigenvalue weighted by Gasteiger charge is -2.18. The molecule has 0 bridgehead atoms. The Labute approximate surface area is 91.0 Å². The van der Waals surface area contributed by atoms with Gasteiger partial charge in [0, 0.05) is 0 Å². The fraction of sp³-hybridized carbons (Fsp3) is 1.00. The van der Waals surface area contributed by atoms with Crippen molar-refractivity contribution >= 4 is 8.58 Å². The highest BCUT2D eigenvalue weighted by atomic mass is 31.1.